The van der Waals surface area contributed by atoms with Crippen LogP contribution < -0.4 is 0 Å². The lowest BCUT2D eigenvalue weighted by Gasteiger charge is -2.38. The zero-order valence-electron chi connectivity index (χ0n) is 15.2. The average Bonchev–Trinajstić information content (AvgIpc) is 2.56. The second-order valence-electron chi connectivity index (χ2n) is 7.13. The topological polar surface area (TPSA) is 90.0 Å². The summed E-state index contributed by atoms with van der Waals surface area (Å²) in [5.74, 6) is -3.30. The number of benzene rings is 1. The number of esters is 1. The molecule has 0 N–H and O–H groups in total. The Morgan fingerprint density at radius 3 is 2.38 bits per heavy atom. The minimum atomic E-state index is -1.16. The van der Waals surface area contributed by atoms with Gasteiger partial charge in [0.1, 0.15) is 12.2 Å². The Labute approximate surface area is 152 Å². The van der Waals surface area contributed by atoms with E-state index in [1.807, 2.05) is 30.3 Å². The Balaban J connectivity index is 1.79. The van der Waals surface area contributed by atoms with E-state index in [9.17, 15) is 19.2 Å². The molecule has 0 aromatic heterocycles. The van der Waals surface area contributed by atoms with Crippen LogP contribution in [0.2, 0.25) is 0 Å². The number of ether oxygens (including phenoxy) is 1. The fraction of sp³-hybridized carbons (Fsp3) is 0.474. The maximum atomic E-state index is 11.9. The number of hydrogen-bond acceptors (Lipinski definition) is 6. The van der Waals surface area contributed by atoms with E-state index >= 15 is 0 Å². The Kier molecular flexibility index (Phi) is 6.26. The lowest BCUT2D eigenvalue weighted by molar-refractivity contribution is -0.234. The normalized spacial score (nSPS) is 16.8. The van der Waals surface area contributed by atoms with E-state index in [1.54, 1.807) is 20.8 Å². The van der Waals surface area contributed by atoms with Gasteiger partial charge in [-0.3, -0.25) is 19.2 Å². The van der Waals surface area contributed by atoms with Gasteiger partial charge in [0.15, 0.2) is 0 Å². The molecule has 1 aromatic carbocycles. The minimum absolute atomic E-state index is 0.138. The molecule has 1 unspecified atom stereocenters. The number of β-lactam (4-membered cyclic amide) rings is 1. The summed E-state index contributed by atoms with van der Waals surface area (Å²) in [4.78, 5) is 52.4. The highest BCUT2D eigenvalue weighted by Gasteiger charge is 2.38. The van der Waals surface area contributed by atoms with Crippen molar-refractivity contribution in [3.8, 4) is 0 Å². The minimum Gasteiger partial charge on any atom is -0.454 e. The predicted molar refractivity (Wildman–Crippen MR) is 91.6 cm³/mol. The molecule has 2 rings (SSSR count). The molecule has 0 aliphatic carbocycles. The Bertz CT molecular complexity index is 692. The third-order valence-electron chi connectivity index (χ3n) is 3.74. The van der Waals surface area contributed by atoms with Crippen LogP contribution in [0, 0.1) is 0 Å². The maximum absolute atomic E-state index is 11.9. The van der Waals surface area contributed by atoms with Crippen molar-refractivity contribution in [2.45, 2.75) is 58.3 Å². The van der Waals surface area contributed by atoms with Crippen LogP contribution in [0.5, 0.6) is 0 Å². The number of Topliss-reactive ketones (excluding diaryl/α,β-unsaturated/α-hetero) is 2. The van der Waals surface area contributed by atoms with Crippen LogP contribution in [-0.4, -0.2) is 40.1 Å². The molecule has 1 aliphatic heterocycles. The first kappa shape index (κ1) is 19.8. The summed E-state index contributed by atoms with van der Waals surface area (Å²) in [6.07, 6.45) is 0.373. The van der Waals surface area contributed by atoms with Gasteiger partial charge in [-0.2, -0.15) is 0 Å². The monoisotopic (exact) mass is 361 g/mol. The van der Waals surface area contributed by atoms with Crippen LogP contribution in [-0.2, 0) is 35.4 Å². The zero-order chi connectivity index (χ0) is 19.3. The predicted octanol–water partition coefficient (Wildman–Crippen LogP) is 1.98. The molecule has 140 valence electrons. The Morgan fingerprint density at radius 2 is 1.81 bits per heavy atom. The van der Waals surface area contributed by atoms with Crippen LogP contribution >= 0.6 is 0 Å². The number of amides is 1. The number of hydroxylamine groups is 2. The average molecular weight is 361 g/mol. The first-order valence-corrected chi connectivity index (χ1v) is 8.47. The Morgan fingerprint density at radius 1 is 1.15 bits per heavy atom. The zero-order valence-corrected chi connectivity index (χ0v) is 15.2. The molecule has 26 heavy (non-hydrogen) atoms. The van der Waals surface area contributed by atoms with Crippen molar-refractivity contribution in [3.63, 3.8) is 0 Å². The molecule has 1 amide bonds. The van der Waals surface area contributed by atoms with Gasteiger partial charge in [-0.25, -0.2) is 9.86 Å². The molecule has 1 fully saturated rings. The van der Waals surface area contributed by atoms with Gasteiger partial charge in [-0.1, -0.05) is 30.3 Å². The van der Waals surface area contributed by atoms with Crippen LogP contribution in [0.25, 0.3) is 0 Å². The highest BCUT2D eigenvalue weighted by molar-refractivity contribution is 6.62. The summed E-state index contributed by atoms with van der Waals surface area (Å²) in [7, 11) is 0. The van der Waals surface area contributed by atoms with Crippen LogP contribution in [0.3, 0.4) is 0 Å². The highest BCUT2D eigenvalue weighted by atomic mass is 16.7. The van der Waals surface area contributed by atoms with Crippen molar-refractivity contribution >= 4 is 23.4 Å². The number of nitrogens with zero attached hydrogens (tertiary/aromatic N) is 1. The van der Waals surface area contributed by atoms with E-state index in [4.69, 9.17) is 9.57 Å². The van der Waals surface area contributed by atoms with Gasteiger partial charge in [-0.05, 0) is 32.8 Å². The van der Waals surface area contributed by atoms with Gasteiger partial charge >= 0.3 is 11.8 Å². The van der Waals surface area contributed by atoms with Gasteiger partial charge in [0.2, 0.25) is 11.7 Å². The summed E-state index contributed by atoms with van der Waals surface area (Å²) < 4.78 is 4.89. The van der Waals surface area contributed by atoms with Crippen LogP contribution in [0.1, 0.15) is 45.6 Å². The van der Waals surface area contributed by atoms with Crippen molar-refractivity contribution in [3.05, 3.63) is 35.9 Å². The van der Waals surface area contributed by atoms with Gasteiger partial charge in [0.25, 0.3) is 0 Å². The molecular formula is C19H23NO6. The third kappa shape index (κ3) is 5.49. The van der Waals surface area contributed by atoms with Crippen molar-refractivity contribution in [2.24, 2.45) is 0 Å². The molecule has 1 saturated heterocycles. The first-order chi connectivity index (χ1) is 12.2. The molecule has 0 radical (unpaired) electrons. The van der Waals surface area contributed by atoms with E-state index in [-0.39, 0.29) is 37.8 Å². The second kappa shape index (κ2) is 8.23. The number of carbonyl (C=O) groups excluding carboxylic acids is 4. The molecule has 0 spiro atoms. The number of rotatable bonds is 8. The third-order valence-corrected chi connectivity index (χ3v) is 3.74. The van der Waals surface area contributed by atoms with Crippen LogP contribution in [0.4, 0.5) is 0 Å². The smallest absolute Gasteiger partial charge is 0.383 e. The molecule has 7 nitrogen and oxygen atoms in total. The standard InChI is InChI=1S/C19H23NO6/c1-19(2,3)26-18(24)17(23)15(21)10-9-14-11-16(22)20(14)25-12-13-7-5-4-6-8-13/h4-8,14H,9-12H2,1-3H3. The highest BCUT2D eigenvalue weighted by Crippen LogP contribution is 2.25. The van der Waals surface area contributed by atoms with E-state index in [0.717, 1.165) is 5.56 Å². The summed E-state index contributed by atoms with van der Waals surface area (Å²) >= 11 is 0. The maximum Gasteiger partial charge on any atom is 0.383 e. The molecule has 1 aliphatic rings. The van der Waals surface area contributed by atoms with Gasteiger partial charge in [-0.15, -0.1) is 0 Å². The molecule has 0 bridgehead atoms. The van der Waals surface area contributed by atoms with Gasteiger partial charge < -0.3 is 4.74 Å². The molecule has 1 atom stereocenters. The van der Waals surface area contributed by atoms with E-state index < -0.39 is 23.1 Å². The molecular weight excluding hydrogens is 338 g/mol. The molecule has 1 aromatic rings. The fourth-order valence-corrected chi connectivity index (χ4v) is 2.43. The number of hydrogen-bond donors (Lipinski definition) is 0. The molecule has 1 heterocycles. The van der Waals surface area contributed by atoms with Gasteiger partial charge in [0, 0.05) is 6.42 Å². The quantitative estimate of drug-likeness (QED) is 0.304. The van der Waals surface area contributed by atoms with E-state index in [1.165, 1.54) is 5.06 Å². The second-order valence-corrected chi connectivity index (χ2v) is 7.13. The lowest BCUT2D eigenvalue weighted by Crippen LogP contribution is -2.52. The lowest BCUT2D eigenvalue weighted by atomic mass is 9.97. The fourth-order valence-electron chi connectivity index (χ4n) is 2.43. The molecule has 7 heteroatoms. The van der Waals surface area contributed by atoms with Crippen LogP contribution in [0.15, 0.2) is 30.3 Å². The largest absolute Gasteiger partial charge is 0.454 e. The first-order valence-electron chi connectivity index (χ1n) is 8.47. The van der Waals surface area contributed by atoms with Crippen molar-refractivity contribution in [2.75, 3.05) is 0 Å². The SMILES string of the molecule is CC(C)(C)OC(=O)C(=O)C(=O)CCC1CC(=O)N1OCc1ccccc1. The van der Waals surface area contributed by atoms with Gasteiger partial charge in [0.05, 0.1) is 12.5 Å². The summed E-state index contributed by atoms with van der Waals surface area (Å²) in [6.45, 7) is 5.09. The van der Waals surface area contributed by atoms with E-state index in [2.05, 4.69) is 0 Å². The van der Waals surface area contributed by atoms with Crippen molar-refractivity contribution in [1.29, 1.82) is 0 Å². The van der Waals surface area contributed by atoms with Crippen molar-refractivity contribution in [1.82, 2.24) is 5.06 Å². The number of ketones is 2. The summed E-state index contributed by atoms with van der Waals surface area (Å²) in [5.41, 5.74) is 0.0808. The number of carbonyl (C=O) groups is 4. The summed E-state index contributed by atoms with van der Waals surface area (Å²) in [6, 6.07) is 9.10. The van der Waals surface area contributed by atoms with Crippen molar-refractivity contribution < 1.29 is 28.8 Å². The molecule has 0 saturated carbocycles. The Hall–Kier alpha value is -2.54. The summed E-state index contributed by atoms with van der Waals surface area (Å²) in [5, 5.41) is 1.23. The van der Waals surface area contributed by atoms with E-state index in [0.29, 0.717) is 0 Å².